The minimum absolute atomic E-state index is 0.169. The second-order valence-corrected chi connectivity index (χ2v) is 8.36. The Morgan fingerprint density at radius 2 is 2.06 bits per heavy atom. The monoisotopic (exact) mass is 441 g/mol. The molecule has 0 saturated heterocycles. The molecule has 5 rings (SSSR count). The van der Waals surface area contributed by atoms with Gasteiger partial charge in [0, 0.05) is 49.6 Å². The predicted octanol–water partition coefficient (Wildman–Crippen LogP) is 2.78. The van der Waals surface area contributed by atoms with E-state index < -0.39 is 6.10 Å². The molecule has 0 amide bonds. The second-order valence-electron chi connectivity index (χ2n) is 8.36. The van der Waals surface area contributed by atoms with Crippen LogP contribution in [0.25, 0.3) is 16.8 Å². The van der Waals surface area contributed by atoms with Crippen LogP contribution in [0, 0.1) is 18.3 Å². The van der Waals surface area contributed by atoms with Gasteiger partial charge in [0.2, 0.25) is 0 Å². The fourth-order valence-electron chi connectivity index (χ4n) is 4.45. The zero-order chi connectivity index (χ0) is 23.4. The van der Waals surface area contributed by atoms with Crippen LogP contribution in [0.2, 0.25) is 0 Å². The highest BCUT2D eigenvalue weighted by molar-refractivity contribution is 5.74. The van der Waals surface area contributed by atoms with E-state index in [1.807, 2.05) is 32.0 Å². The fraction of sp³-hybridized carbons (Fsp3) is 0.250. The molecule has 4 aromatic rings. The van der Waals surface area contributed by atoms with Crippen molar-refractivity contribution >= 4 is 5.82 Å². The summed E-state index contributed by atoms with van der Waals surface area (Å²) in [7, 11) is 3.45. The minimum Gasteiger partial charge on any atom is -0.482 e. The number of aryl methyl sites for hydroxylation is 3. The van der Waals surface area contributed by atoms with E-state index in [1.54, 1.807) is 46.4 Å². The number of nitrogen functional groups attached to an aromatic ring is 1. The molecule has 3 aromatic heterocycles. The molecule has 2 N–H and O–H groups in total. The van der Waals surface area contributed by atoms with E-state index in [1.165, 1.54) is 0 Å². The number of nitrogens with two attached hydrogens (primary N) is 1. The molecule has 1 aliphatic rings. The maximum absolute atomic E-state index is 13.2. The topological polar surface area (TPSA) is 117 Å². The summed E-state index contributed by atoms with van der Waals surface area (Å²) in [5.74, 6) is 0.658. The van der Waals surface area contributed by atoms with Crippen LogP contribution in [0.1, 0.15) is 41.2 Å². The molecule has 33 heavy (non-hydrogen) atoms. The molecule has 1 aliphatic heterocycles. The van der Waals surface area contributed by atoms with Gasteiger partial charge in [-0.05, 0) is 26.0 Å². The average Bonchev–Trinajstić information content (AvgIpc) is 3.24. The highest BCUT2D eigenvalue weighted by Gasteiger charge is 2.25. The molecule has 0 fully saturated rings. The average molecular weight is 441 g/mol. The first kappa shape index (κ1) is 20.6. The summed E-state index contributed by atoms with van der Waals surface area (Å²) < 4.78 is 11.1. The summed E-state index contributed by atoms with van der Waals surface area (Å²) >= 11 is 0. The van der Waals surface area contributed by atoms with Gasteiger partial charge in [-0.25, -0.2) is 9.78 Å². The Morgan fingerprint density at radius 1 is 1.27 bits per heavy atom. The SMILES string of the molecule is Cc1ccc2c(c1)[C@@H](C)Oc1cc(cnc1N)-c1c(nn(C)c1C#N)Cc1cn(C)c(=O)n1-2. The molecule has 9 heteroatoms. The van der Waals surface area contributed by atoms with Crippen LogP contribution in [-0.2, 0) is 20.5 Å². The van der Waals surface area contributed by atoms with E-state index in [2.05, 4.69) is 16.2 Å². The lowest BCUT2D eigenvalue weighted by atomic mass is 10.0. The second kappa shape index (κ2) is 7.38. The van der Waals surface area contributed by atoms with E-state index in [9.17, 15) is 10.1 Å². The van der Waals surface area contributed by atoms with Gasteiger partial charge in [0.1, 0.15) is 17.9 Å². The first-order valence-electron chi connectivity index (χ1n) is 10.5. The number of pyridine rings is 1. The molecule has 0 spiro atoms. The lowest BCUT2D eigenvalue weighted by Gasteiger charge is -2.22. The molecule has 0 aliphatic carbocycles. The third kappa shape index (κ3) is 3.19. The number of hydrogen-bond donors (Lipinski definition) is 1. The van der Waals surface area contributed by atoms with Crippen molar-refractivity contribution in [3.8, 4) is 28.6 Å². The third-order valence-corrected chi connectivity index (χ3v) is 6.03. The molecule has 1 atom stereocenters. The Kier molecular flexibility index (Phi) is 4.60. The van der Waals surface area contributed by atoms with Gasteiger partial charge in [-0.15, -0.1) is 0 Å². The molecule has 166 valence electrons. The number of rotatable bonds is 0. The molecular weight excluding hydrogens is 418 g/mol. The number of imidazole rings is 1. The number of aromatic nitrogens is 5. The molecule has 4 heterocycles. The summed E-state index contributed by atoms with van der Waals surface area (Å²) in [6.07, 6.45) is 3.36. The number of ether oxygens (including phenoxy) is 1. The highest BCUT2D eigenvalue weighted by Crippen LogP contribution is 2.36. The lowest BCUT2D eigenvalue weighted by molar-refractivity contribution is 0.227. The fourth-order valence-corrected chi connectivity index (χ4v) is 4.45. The van der Waals surface area contributed by atoms with Crippen LogP contribution in [0.5, 0.6) is 5.75 Å². The van der Waals surface area contributed by atoms with Crippen LogP contribution < -0.4 is 16.2 Å². The lowest BCUT2D eigenvalue weighted by Crippen LogP contribution is -2.24. The van der Waals surface area contributed by atoms with Gasteiger partial charge in [-0.3, -0.25) is 9.25 Å². The highest BCUT2D eigenvalue weighted by atomic mass is 16.5. The Hall–Kier alpha value is -4.32. The quantitative estimate of drug-likeness (QED) is 0.448. The van der Waals surface area contributed by atoms with E-state index >= 15 is 0 Å². The number of fused-ring (bicyclic) bond motifs is 7. The molecule has 2 bridgehead atoms. The summed E-state index contributed by atoms with van der Waals surface area (Å²) in [6, 6.07) is 9.95. The minimum atomic E-state index is -0.414. The number of benzene rings is 1. The number of nitriles is 1. The number of nitrogens with zero attached hydrogens (tertiary/aromatic N) is 6. The molecule has 0 radical (unpaired) electrons. The molecular formula is C24H23N7O2. The van der Waals surface area contributed by atoms with E-state index in [0.29, 0.717) is 34.7 Å². The van der Waals surface area contributed by atoms with Crippen molar-refractivity contribution in [1.29, 1.82) is 5.26 Å². The van der Waals surface area contributed by atoms with Crippen LogP contribution in [0.4, 0.5) is 5.82 Å². The van der Waals surface area contributed by atoms with E-state index in [-0.39, 0.29) is 11.5 Å². The first-order valence-corrected chi connectivity index (χ1v) is 10.5. The molecule has 9 nitrogen and oxygen atoms in total. The number of hydrogen-bond acceptors (Lipinski definition) is 6. The summed E-state index contributed by atoms with van der Waals surface area (Å²) in [6.45, 7) is 3.91. The van der Waals surface area contributed by atoms with Crippen molar-refractivity contribution in [2.75, 3.05) is 5.73 Å². The smallest absolute Gasteiger partial charge is 0.332 e. The van der Waals surface area contributed by atoms with Gasteiger partial charge in [-0.2, -0.15) is 10.4 Å². The molecule has 0 saturated carbocycles. The van der Waals surface area contributed by atoms with Crippen LogP contribution in [0.15, 0.2) is 41.5 Å². The first-order chi connectivity index (χ1) is 15.8. The zero-order valence-electron chi connectivity index (χ0n) is 18.8. The van der Waals surface area contributed by atoms with Crippen molar-refractivity contribution in [3.63, 3.8) is 0 Å². The van der Waals surface area contributed by atoms with Crippen LogP contribution >= 0.6 is 0 Å². The number of anilines is 1. The summed E-state index contributed by atoms with van der Waals surface area (Å²) in [5.41, 5.74) is 11.8. The normalized spacial score (nSPS) is 14.7. The Morgan fingerprint density at radius 3 is 2.82 bits per heavy atom. The van der Waals surface area contributed by atoms with Gasteiger partial charge in [0.15, 0.2) is 11.6 Å². The molecule has 0 unspecified atom stereocenters. The van der Waals surface area contributed by atoms with Crippen molar-refractivity contribution in [3.05, 3.63) is 75.4 Å². The van der Waals surface area contributed by atoms with Gasteiger partial charge in [0.05, 0.1) is 17.1 Å². The van der Waals surface area contributed by atoms with Crippen molar-refractivity contribution in [2.24, 2.45) is 14.1 Å². The molecule has 1 aromatic carbocycles. The predicted molar refractivity (Wildman–Crippen MR) is 123 cm³/mol. The Labute approximate surface area is 190 Å². The van der Waals surface area contributed by atoms with E-state index in [0.717, 1.165) is 22.5 Å². The van der Waals surface area contributed by atoms with Gasteiger partial charge < -0.3 is 15.0 Å². The van der Waals surface area contributed by atoms with Gasteiger partial charge in [-0.1, -0.05) is 17.7 Å². The maximum Gasteiger partial charge on any atom is 0.332 e. The van der Waals surface area contributed by atoms with Crippen molar-refractivity contribution in [1.82, 2.24) is 23.9 Å². The Bertz CT molecular complexity index is 1520. The Balaban J connectivity index is 1.88. The zero-order valence-corrected chi connectivity index (χ0v) is 18.8. The van der Waals surface area contributed by atoms with Crippen molar-refractivity contribution < 1.29 is 4.74 Å². The van der Waals surface area contributed by atoms with Gasteiger partial charge >= 0.3 is 5.69 Å². The van der Waals surface area contributed by atoms with E-state index in [4.69, 9.17) is 10.5 Å². The maximum atomic E-state index is 13.2. The van der Waals surface area contributed by atoms with Crippen LogP contribution in [0.3, 0.4) is 0 Å². The van der Waals surface area contributed by atoms with Crippen molar-refractivity contribution in [2.45, 2.75) is 26.4 Å². The summed E-state index contributed by atoms with van der Waals surface area (Å²) in [4.78, 5) is 17.5. The van der Waals surface area contributed by atoms with Crippen LogP contribution in [-0.4, -0.2) is 23.9 Å². The summed E-state index contributed by atoms with van der Waals surface area (Å²) in [5, 5.41) is 14.5. The largest absolute Gasteiger partial charge is 0.482 e. The third-order valence-electron chi connectivity index (χ3n) is 6.03. The van der Waals surface area contributed by atoms with Gasteiger partial charge in [0.25, 0.3) is 0 Å². The standard InChI is InChI=1S/C24H23N7O2/c1-13-5-6-19-17(7-13)14(2)33-21-8-15(11-27-23(21)26)22-18(28-30(4)20(22)10-25)9-16-12-29(3)24(32)31(16)19/h5-8,11-12,14H,9H2,1-4H3,(H2,26,27)/t14-/m1/s1.